The summed E-state index contributed by atoms with van der Waals surface area (Å²) in [6, 6.07) is 10.8. The highest BCUT2D eigenvalue weighted by Gasteiger charge is 2.17. The highest BCUT2D eigenvalue weighted by atomic mass is 19.1. The molecule has 0 saturated carbocycles. The van der Waals surface area contributed by atoms with E-state index < -0.39 is 17.4 Å². The van der Waals surface area contributed by atoms with E-state index in [4.69, 9.17) is 18.6 Å². The molecule has 3 rings (SSSR count). The van der Waals surface area contributed by atoms with Crippen LogP contribution in [0.15, 0.2) is 70.6 Å². The fourth-order valence-corrected chi connectivity index (χ4v) is 3.03. The molecule has 0 bridgehead atoms. The van der Waals surface area contributed by atoms with E-state index in [0.717, 1.165) is 24.8 Å². The van der Waals surface area contributed by atoms with Crippen LogP contribution in [0.2, 0.25) is 0 Å². The van der Waals surface area contributed by atoms with Crippen molar-refractivity contribution >= 4 is 22.8 Å². The first-order valence-corrected chi connectivity index (χ1v) is 10.6. The van der Waals surface area contributed by atoms with Gasteiger partial charge in [-0.3, -0.25) is 0 Å². The molecule has 7 heteroatoms. The predicted molar refractivity (Wildman–Crippen MR) is 124 cm³/mol. The van der Waals surface area contributed by atoms with Gasteiger partial charge in [0.2, 0.25) is 0 Å². The van der Waals surface area contributed by atoms with Crippen LogP contribution in [0.5, 0.6) is 11.7 Å². The third-order valence-corrected chi connectivity index (χ3v) is 4.73. The molecular formula is C26H25FO6. The second kappa shape index (κ2) is 11.7. The van der Waals surface area contributed by atoms with E-state index in [1.54, 1.807) is 36.4 Å². The van der Waals surface area contributed by atoms with Gasteiger partial charge in [-0.2, -0.15) is 0 Å². The van der Waals surface area contributed by atoms with Gasteiger partial charge in [0.25, 0.3) is 5.95 Å². The molecule has 0 unspecified atom stereocenters. The summed E-state index contributed by atoms with van der Waals surface area (Å²) in [7, 11) is 0. The van der Waals surface area contributed by atoms with Crippen molar-refractivity contribution in [2.45, 2.75) is 26.2 Å². The Bertz CT molecular complexity index is 1190. The van der Waals surface area contributed by atoms with Crippen LogP contribution in [0, 0.1) is 5.82 Å². The predicted octanol–water partition coefficient (Wildman–Crippen LogP) is 5.89. The lowest BCUT2D eigenvalue weighted by Crippen LogP contribution is -2.11. The Morgan fingerprint density at radius 2 is 1.94 bits per heavy atom. The fourth-order valence-electron chi connectivity index (χ4n) is 3.03. The summed E-state index contributed by atoms with van der Waals surface area (Å²) < 4.78 is 35.6. The molecule has 0 aliphatic heterocycles. The summed E-state index contributed by atoms with van der Waals surface area (Å²) in [5.74, 6) is -1.85. The van der Waals surface area contributed by atoms with Gasteiger partial charge in [-0.05, 0) is 47.7 Å². The molecule has 0 aliphatic carbocycles. The molecule has 0 spiro atoms. The normalized spacial score (nSPS) is 11.0. The summed E-state index contributed by atoms with van der Waals surface area (Å²) in [5, 5.41) is -0.00919. The number of unbranched alkanes of at least 4 members (excludes halogenated alkanes) is 2. The highest BCUT2D eigenvalue weighted by molar-refractivity contribution is 5.91. The molecule has 172 valence electrons. The summed E-state index contributed by atoms with van der Waals surface area (Å²) in [5.41, 5.74) is 0.117. The van der Waals surface area contributed by atoms with Gasteiger partial charge in [-0.25, -0.2) is 14.0 Å². The second-order valence-electron chi connectivity index (χ2n) is 7.19. The van der Waals surface area contributed by atoms with Crippen molar-refractivity contribution in [2.75, 3.05) is 13.2 Å². The molecule has 0 radical (unpaired) electrons. The summed E-state index contributed by atoms with van der Waals surface area (Å²) >= 11 is 0. The highest BCUT2D eigenvalue weighted by Crippen LogP contribution is 2.27. The Hall–Kier alpha value is -3.87. The van der Waals surface area contributed by atoms with Crippen LogP contribution >= 0.6 is 0 Å². The van der Waals surface area contributed by atoms with Crippen LogP contribution < -0.4 is 15.1 Å². The molecule has 0 saturated heterocycles. The van der Waals surface area contributed by atoms with Gasteiger partial charge in [0, 0.05) is 6.07 Å². The zero-order chi connectivity index (χ0) is 23.6. The van der Waals surface area contributed by atoms with E-state index in [0.29, 0.717) is 13.2 Å². The molecule has 6 nitrogen and oxygen atoms in total. The van der Waals surface area contributed by atoms with Crippen LogP contribution in [0.1, 0.15) is 42.1 Å². The molecule has 0 amide bonds. The zero-order valence-corrected chi connectivity index (χ0v) is 18.3. The maximum absolute atomic E-state index is 14.8. The minimum atomic E-state index is -0.952. The number of esters is 1. The van der Waals surface area contributed by atoms with Gasteiger partial charge in [0.05, 0.1) is 18.4 Å². The van der Waals surface area contributed by atoms with Crippen LogP contribution in [0.3, 0.4) is 0 Å². The van der Waals surface area contributed by atoms with E-state index in [1.165, 1.54) is 24.5 Å². The first-order valence-electron chi connectivity index (χ1n) is 10.6. The second-order valence-corrected chi connectivity index (χ2v) is 7.19. The Morgan fingerprint density at radius 3 is 2.67 bits per heavy atom. The van der Waals surface area contributed by atoms with Crippen molar-refractivity contribution in [1.82, 2.24) is 0 Å². The SMILES string of the molecule is C=CCO/C=C/c1ccc(C(=O)Oc2cc3ccc(OCCCCC)c(F)c3c(=O)o2)cc1. The van der Waals surface area contributed by atoms with Gasteiger partial charge >= 0.3 is 11.6 Å². The van der Waals surface area contributed by atoms with Crippen molar-refractivity contribution in [2.24, 2.45) is 0 Å². The van der Waals surface area contributed by atoms with Crippen LogP contribution in [-0.4, -0.2) is 19.2 Å². The third kappa shape index (κ3) is 6.32. The standard InChI is InChI=1S/C26H25FO6/c1-3-5-6-15-31-21-12-11-20-17-22(33-26(29)23(20)24(21)27)32-25(28)19-9-7-18(8-10-19)13-16-30-14-4-2/h4,7-13,16-17H,2-3,5-6,14-15H2,1H3/b16-13+. The minimum absolute atomic E-state index is 0.0142. The monoisotopic (exact) mass is 452 g/mol. The molecule has 1 heterocycles. The maximum Gasteiger partial charge on any atom is 0.349 e. The van der Waals surface area contributed by atoms with Crippen LogP contribution in [-0.2, 0) is 4.74 Å². The first-order chi connectivity index (χ1) is 16.0. The number of hydrogen-bond acceptors (Lipinski definition) is 6. The number of benzene rings is 2. The lowest BCUT2D eigenvalue weighted by Gasteiger charge is -2.09. The summed E-state index contributed by atoms with van der Waals surface area (Å²) in [6.07, 6.45) is 7.66. The fraction of sp³-hybridized carbons (Fsp3) is 0.231. The molecule has 1 aromatic heterocycles. The number of ether oxygens (including phenoxy) is 3. The van der Waals surface area contributed by atoms with Crippen molar-refractivity contribution in [1.29, 1.82) is 0 Å². The molecular weight excluding hydrogens is 427 g/mol. The zero-order valence-electron chi connectivity index (χ0n) is 18.3. The van der Waals surface area contributed by atoms with Crippen molar-refractivity contribution in [3.05, 3.63) is 88.7 Å². The number of halogens is 1. The molecule has 33 heavy (non-hydrogen) atoms. The van der Waals surface area contributed by atoms with E-state index in [1.807, 2.05) is 0 Å². The maximum atomic E-state index is 14.8. The van der Waals surface area contributed by atoms with Crippen LogP contribution in [0.4, 0.5) is 4.39 Å². The largest absolute Gasteiger partial charge is 0.497 e. The van der Waals surface area contributed by atoms with E-state index in [9.17, 15) is 14.0 Å². The van der Waals surface area contributed by atoms with Crippen LogP contribution in [0.25, 0.3) is 16.8 Å². The van der Waals surface area contributed by atoms with Crippen molar-refractivity contribution in [3.63, 3.8) is 0 Å². The smallest absolute Gasteiger partial charge is 0.349 e. The third-order valence-electron chi connectivity index (χ3n) is 4.73. The van der Waals surface area contributed by atoms with Gasteiger partial charge in [-0.15, -0.1) is 0 Å². The molecule has 0 aliphatic rings. The quantitative estimate of drug-likeness (QED) is 0.156. The number of carbonyl (C=O) groups is 1. The Kier molecular flexibility index (Phi) is 8.41. The Balaban J connectivity index is 1.72. The molecule has 2 aromatic carbocycles. The molecule has 0 N–H and O–H groups in total. The summed E-state index contributed by atoms with van der Waals surface area (Å²) in [4.78, 5) is 24.8. The van der Waals surface area contributed by atoms with Crippen molar-refractivity contribution in [3.8, 4) is 11.7 Å². The lowest BCUT2D eigenvalue weighted by molar-refractivity contribution is 0.0688. The van der Waals surface area contributed by atoms with Gasteiger partial charge in [0.15, 0.2) is 11.6 Å². The van der Waals surface area contributed by atoms with E-state index in [2.05, 4.69) is 13.5 Å². The van der Waals surface area contributed by atoms with E-state index in [-0.39, 0.29) is 28.0 Å². The number of carbonyl (C=O) groups excluding carboxylic acids is 1. The Labute approximate surface area is 190 Å². The topological polar surface area (TPSA) is 75.0 Å². The number of hydrogen-bond donors (Lipinski definition) is 0. The van der Waals surface area contributed by atoms with E-state index >= 15 is 0 Å². The number of fused-ring (bicyclic) bond motifs is 1. The minimum Gasteiger partial charge on any atom is -0.497 e. The number of rotatable bonds is 11. The molecule has 0 atom stereocenters. The van der Waals surface area contributed by atoms with Gasteiger partial charge in [-0.1, -0.05) is 44.6 Å². The first kappa shape index (κ1) is 23.8. The average molecular weight is 452 g/mol. The lowest BCUT2D eigenvalue weighted by atomic mass is 10.1. The molecule has 0 fully saturated rings. The average Bonchev–Trinajstić information content (AvgIpc) is 2.81. The Morgan fingerprint density at radius 1 is 1.15 bits per heavy atom. The van der Waals surface area contributed by atoms with Gasteiger partial charge < -0.3 is 18.6 Å². The van der Waals surface area contributed by atoms with Gasteiger partial charge in [0.1, 0.15) is 12.0 Å². The summed E-state index contributed by atoms with van der Waals surface area (Å²) in [6.45, 7) is 6.36. The molecule has 3 aromatic rings. The van der Waals surface area contributed by atoms with Crippen molar-refractivity contribution < 1.29 is 27.8 Å².